The van der Waals surface area contributed by atoms with Crippen LogP contribution in [-0.2, 0) is 6.42 Å². The number of benzene rings is 2. The second kappa shape index (κ2) is 9.70. The lowest BCUT2D eigenvalue weighted by Gasteiger charge is -2.20. The zero-order valence-electron chi connectivity index (χ0n) is 16.9. The van der Waals surface area contributed by atoms with E-state index in [0.717, 1.165) is 36.0 Å². The van der Waals surface area contributed by atoms with Gasteiger partial charge in [0, 0.05) is 5.56 Å². The van der Waals surface area contributed by atoms with Crippen molar-refractivity contribution in [3.8, 4) is 17.6 Å². The molecule has 0 aliphatic rings. The third kappa shape index (κ3) is 6.17. The number of hydrogen-bond donors (Lipinski definition) is 2. The average molecular weight is 419 g/mol. The topological polar surface area (TPSA) is 40.5 Å². The van der Waals surface area contributed by atoms with E-state index in [1.165, 1.54) is 0 Å². The summed E-state index contributed by atoms with van der Waals surface area (Å²) in [4.78, 5) is 0. The zero-order valence-corrected chi connectivity index (χ0v) is 18.4. The minimum atomic E-state index is -0.703. The molecule has 2 atom stereocenters. The molecule has 2 unspecified atom stereocenters. The van der Waals surface area contributed by atoms with Crippen LogP contribution in [0.5, 0.6) is 5.75 Å². The number of halogens is 2. The molecule has 0 aliphatic carbocycles. The quantitative estimate of drug-likeness (QED) is 0.537. The third-order valence-corrected chi connectivity index (χ3v) is 5.53. The van der Waals surface area contributed by atoms with E-state index >= 15 is 0 Å². The van der Waals surface area contributed by atoms with Crippen LogP contribution < -0.4 is 0 Å². The maximum atomic E-state index is 10.1. The number of hydrogen-bond acceptors (Lipinski definition) is 2. The van der Waals surface area contributed by atoms with Gasteiger partial charge in [-0.05, 0) is 66.0 Å². The minimum Gasteiger partial charge on any atom is -0.506 e. The summed E-state index contributed by atoms with van der Waals surface area (Å²) in [6.45, 7) is 7.99. The van der Waals surface area contributed by atoms with E-state index in [1.807, 2.05) is 51.1 Å². The third-order valence-electron chi connectivity index (χ3n) is 4.91. The molecule has 4 heteroatoms. The Morgan fingerprint density at radius 2 is 1.75 bits per heavy atom. The summed E-state index contributed by atoms with van der Waals surface area (Å²) < 4.78 is 0. The number of aliphatic hydroxyl groups excluding tert-OH is 1. The molecule has 0 aliphatic heterocycles. The molecule has 28 heavy (non-hydrogen) atoms. The van der Waals surface area contributed by atoms with E-state index in [9.17, 15) is 10.2 Å². The van der Waals surface area contributed by atoms with Gasteiger partial charge in [0.25, 0.3) is 0 Å². The molecule has 2 aromatic rings. The van der Waals surface area contributed by atoms with Crippen LogP contribution in [0.1, 0.15) is 63.1 Å². The summed E-state index contributed by atoms with van der Waals surface area (Å²) in [5.41, 5.74) is 2.72. The number of aliphatic hydroxyl groups is 1. The van der Waals surface area contributed by atoms with Crippen molar-refractivity contribution in [2.75, 3.05) is 0 Å². The summed E-state index contributed by atoms with van der Waals surface area (Å²) >= 11 is 12.5. The van der Waals surface area contributed by atoms with Crippen molar-refractivity contribution in [1.29, 1.82) is 0 Å². The standard InChI is InChI=1S/C24H28Cl2O2/c1-5-17(19-10-12-22(27)21(26)15-19)8-6-16-7-9-18(20(25)14-16)11-13-23(28)24(2,3)4/h7,9-10,12,14-15,17,23,27-28H,5-6,8H2,1-4H3. The SMILES string of the molecule is CCC(CCc1ccc(C#CC(O)C(C)(C)C)c(Cl)c1)c1ccc(O)c(Cl)c1. The summed E-state index contributed by atoms with van der Waals surface area (Å²) in [7, 11) is 0. The van der Waals surface area contributed by atoms with Crippen LogP contribution in [0.15, 0.2) is 36.4 Å². The first-order valence-electron chi connectivity index (χ1n) is 9.58. The molecular formula is C24H28Cl2O2. The van der Waals surface area contributed by atoms with Crippen LogP contribution in [0.2, 0.25) is 10.0 Å². The van der Waals surface area contributed by atoms with E-state index in [-0.39, 0.29) is 11.2 Å². The van der Waals surface area contributed by atoms with Crippen molar-refractivity contribution in [2.24, 2.45) is 5.41 Å². The molecule has 2 rings (SSSR count). The Kier molecular flexibility index (Phi) is 7.84. The summed E-state index contributed by atoms with van der Waals surface area (Å²) in [6.07, 6.45) is 2.13. The van der Waals surface area contributed by atoms with Gasteiger partial charge in [0.2, 0.25) is 0 Å². The number of rotatable bonds is 5. The van der Waals surface area contributed by atoms with Crippen LogP contribution in [0.4, 0.5) is 0 Å². The molecule has 0 bridgehead atoms. The average Bonchev–Trinajstić information content (AvgIpc) is 2.63. The van der Waals surface area contributed by atoms with Crippen LogP contribution in [0.3, 0.4) is 0 Å². The molecule has 0 spiro atoms. The highest BCUT2D eigenvalue weighted by Gasteiger charge is 2.19. The number of aromatic hydroxyl groups is 1. The van der Waals surface area contributed by atoms with Gasteiger partial charge in [0.15, 0.2) is 0 Å². The van der Waals surface area contributed by atoms with Gasteiger partial charge >= 0.3 is 0 Å². The largest absolute Gasteiger partial charge is 0.506 e. The van der Waals surface area contributed by atoms with Crippen molar-refractivity contribution in [2.45, 2.75) is 59.0 Å². The molecule has 0 heterocycles. The van der Waals surface area contributed by atoms with Crippen LogP contribution in [0, 0.1) is 17.3 Å². The zero-order chi connectivity index (χ0) is 20.9. The predicted molar refractivity (Wildman–Crippen MR) is 118 cm³/mol. The van der Waals surface area contributed by atoms with Crippen molar-refractivity contribution >= 4 is 23.2 Å². The number of phenolic OH excluding ortho intramolecular Hbond substituents is 1. The molecule has 2 N–H and O–H groups in total. The van der Waals surface area contributed by atoms with Crippen molar-refractivity contribution in [1.82, 2.24) is 0 Å². The highest BCUT2D eigenvalue weighted by molar-refractivity contribution is 6.32. The first kappa shape index (κ1) is 22.6. The normalized spacial score (nSPS) is 13.5. The first-order chi connectivity index (χ1) is 13.1. The van der Waals surface area contributed by atoms with Crippen molar-refractivity contribution in [3.05, 3.63) is 63.1 Å². The van der Waals surface area contributed by atoms with Gasteiger partial charge < -0.3 is 10.2 Å². The second-order valence-corrected chi connectivity index (χ2v) is 9.02. The van der Waals surface area contributed by atoms with E-state index in [1.54, 1.807) is 6.07 Å². The fourth-order valence-electron chi connectivity index (χ4n) is 2.90. The fraction of sp³-hybridized carbons (Fsp3) is 0.417. The molecule has 2 nitrogen and oxygen atoms in total. The number of aryl methyl sites for hydroxylation is 1. The molecule has 150 valence electrons. The smallest absolute Gasteiger partial charge is 0.134 e. The molecular weight excluding hydrogens is 391 g/mol. The molecule has 0 aromatic heterocycles. The highest BCUT2D eigenvalue weighted by atomic mass is 35.5. The van der Waals surface area contributed by atoms with E-state index in [4.69, 9.17) is 23.2 Å². The molecule has 0 saturated carbocycles. The Labute approximate surface area is 178 Å². The monoisotopic (exact) mass is 418 g/mol. The Morgan fingerprint density at radius 1 is 1.04 bits per heavy atom. The first-order valence-corrected chi connectivity index (χ1v) is 10.3. The molecule has 2 aromatic carbocycles. The Hall–Kier alpha value is -1.66. The van der Waals surface area contributed by atoms with Gasteiger partial charge in [0.05, 0.1) is 10.0 Å². The van der Waals surface area contributed by atoms with Gasteiger partial charge in [-0.25, -0.2) is 0 Å². The van der Waals surface area contributed by atoms with Crippen LogP contribution >= 0.6 is 23.2 Å². The minimum absolute atomic E-state index is 0.111. The van der Waals surface area contributed by atoms with Crippen molar-refractivity contribution < 1.29 is 10.2 Å². The summed E-state index contributed by atoms with van der Waals surface area (Å²) in [6, 6.07) is 11.3. The van der Waals surface area contributed by atoms with Gasteiger partial charge in [-0.3, -0.25) is 0 Å². The second-order valence-electron chi connectivity index (χ2n) is 8.21. The maximum absolute atomic E-state index is 10.1. The molecule has 0 radical (unpaired) electrons. The van der Waals surface area contributed by atoms with E-state index < -0.39 is 6.10 Å². The molecule has 0 fully saturated rings. The van der Waals surface area contributed by atoms with Gasteiger partial charge in [0.1, 0.15) is 11.9 Å². The number of phenols is 1. The van der Waals surface area contributed by atoms with Gasteiger partial charge in [-0.15, -0.1) is 0 Å². The lowest BCUT2D eigenvalue weighted by molar-refractivity contribution is 0.114. The lowest BCUT2D eigenvalue weighted by Crippen LogP contribution is -2.23. The van der Waals surface area contributed by atoms with Gasteiger partial charge in [-0.2, -0.15) is 0 Å². The lowest BCUT2D eigenvalue weighted by atomic mass is 9.89. The fourth-order valence-corrected chi connectivity index (χ4v) is 3.34. The van der Waals surface area contributed by atoms with E-state index in [0.29, 0.717) is 16.0 Å². The Bertz CT molecular complexity index is 872. The van der Waals surface area contributed by atoms with E-state index in [2.05, 4.69) is 18.8 Å². The predicted octanol–water partition coefficient (Wildman–Crippen LogP) is 6.58. The summed E-state index contributed by atoms with van der Waals surface area (Å²) in [5, 5.41) is 20.7. The Morgan fingerprint density at radius 3 is 2.32 bits per heavy atom. The maximum Gasteiger partial charge on any atom is 0.134 e. The highest BCUT2D eigenvalue weighted by Crippen LogP contribution is 2.31. The Balaban J connectivity index is 2.07. The van der Waals surface area contributed by atoms with Crippen LogP contribution in [0.25, 0.3) is 0 Å². The van der Waals surface area contributed by atoms with Crippen molar-refractivity contribution in [3.63, 3.8) is 0 Å². The molecule has 0 amide bonds. The van der Waals surface area contributed by atoms with Gasteiger partial charge in [-0.1, -0.05) is 74.9 Å². The summed E-state index contributed by atoms with van der Waals surface area (Å²) in [5.74, 6) is 6.34. The van der Waals surface area contributed by atoms with Crippen LogP contribution in [-0.4, -0.2) is 16.3 Å². The molecule has 0 saturated heterocycles.